The summed E-state index contributed by atoms with van der Waals surface area (Å²) in [5, 5.41) is 4.11. The maximum absolute atomic E-state index is 5.52. The summed E-state index contributed by atoms with van der Waals surface area (Å²) < 4.78 is 1.73. The van der Waals surface area contributed by atoms with Crippen molar-refractivity contribution in [1.82, 2.24) is 24.5 Å². The highest BCUT2D eigenvalue weighted by molar-refractivity contribution is 5.38. The molecular weight excluding hydrogens is 180 g/mol. The van der Waals surface area contributed by atoms with Gasteiger partial charge in [0.05, 0.1) is 5.69 Å². The topological polar surface area (TPSA) is 72.3 Å². The first kappa shape index (κ1) is 7.69. The second-order valence-electron chi connectivity index (χ2n) is 3.58. The smallest absolute Gasteiger partial charge is 0.254 e. The quantitative estimate of drug-likeness (QED) is 0.614. The van der Waals surface area contributed by atoms with Crippen LogP contribution in [0.1, 0.15) is 11.3 Å². The standard InChI is InChI=1S/C8H10N6/c1-13-3-5-2-10-8-11-7(9)12-14(8)6(5)4-13/h2H,3-4H2,1H3,(H2,9,12). The molecule has 6 heteroatoms. The second-order valence-corrected chi connectivity index (χ2v) is 3.58. The molecule has 0 unspecified atom stereocenters. The van der Waals surface area contributed by atoms with E-state index in [1.807, 2.05) is 6.20 Å². The zero-order valence-corrected chi connectivity index (χ0v) is 7.80. The lowest BCUT2D eigenvalue weighted by Gasteiger charge is -2.02. The van der Waals surface area contributed by atoms with Crippen LogP contribution < -0.4 is 5.73 Å². The van der Waals surface area contributed by atoms with Crippen molar-refractivity contribution in [2.75, 3.05) is 12.8 Å². The van der Waals surface area contributed by atoms with Gasteiger partial charge in [-0.15, -0.1) is 5.10 Å². The van der Waals surface area contributed by atoms with Crippen LogP contribution in [0.2, 0.25) is 0 Å². The molecule has 0 saturated heterocycles. The minimum atomic E-state index is 0.278. The molecule has 1 aliphatic rings. The molecule has 2 N–H and O–H groups in total. The first-order valence-corrected chi connectivity index (χ1v) is 4.41. The molecule has 0 amide bonds. The Hall–Kier alpha value is -1.69. The number of rotatable bonds is 0. The minimum absolute atomic E-state index is 0.278. The predicted octanol–water partition coefficient (Wildman–Crippen LogP) is -0.348. The number of anilines is 1. The second kappa shape index (κ2) is 2.42. The van der Waals surface area contributed by atoms with Crippen molar-refractivity contribution in [3.8, 4) is 0 Å². The molecule has 6 nitrogen and oxygen atoms in total. The molecule has 0 atom stereocenters. The Kier molecular flexibility index (Phi) is 1.33. The van der Waals surface area contributed by atoms with Gasteiger partial charge >= 0.3 is 0 Å². The van der Waals surface area contributed by atoms with Crippen molar-refractivity contribution in [1.29, 1.82) is 0 Å². The molecule has 2 aromatic rings. The van der Waals surface area contributed by atoms with E-state index in [0.29, 0.717) is 5.78 Å². The van der Waals surface area contributed by atoms with Gasteiger partial charge in [0.2, 0.25) is 5.95 Å². The van der Waals surface area contributed by atoms with Crippen molar-refractivity contribution in [3.63, 3.8) is 0 Å². The average molecular weight is 190 g/mol. The van der Waals surface area contributed by atoms with Crippen molar-refractivity contribution in [3.05, 3.63) is 17.5 Å². The van der Waals surface area contributed by atoms with E-state index in [4.69, 9.17) is 5.73 Å². The van der Waals surface area contributed by atoms with Crippen LogP contribution in [0.25, 0.3) is 5.78 Å². The van der Waals surface area contributed by atoms with E-state index in [1.54, 1.807) is 4.52 Å². The maximum Gasteiger partial charge on any atom is 0.254 e. The Balaban J connectivity index is 2.32. The van der Waals surface area contributed by atoms with Crippen LogP contribution in [0.4, 0.5) is 5.95 Å². The summed E-state index contributed by atoms with van der Waals surface area (Å²) in [7, 11) is 2.06. The van der Waals surface area contributed by atoms with Crippen LogP contribution in [-0.4, -0.2) is 31.5 Å². The highest BCUT2D eigenvalue weighted by atomic mass is 15.4. The highest BCUT2D eigenvalue weighted by Gasteiger charge is 2.20. The van der Waals surface area contributed by atoms with Crippen LogP contribution in [0.5, 0.6) is 0 Å². The third kappa shape index (κ3) is 0.912. The molecule has 0 fully saturated rings. The number of nitrogen functional groups attached to an aromatic ring is 1. The summed E-state index contributed by atoms with van der Waals surface area (Å²) in [5.74, 6) is 0.858. The van der Waals surface area contributed by atoms with Gasteiger partial charge in [0.15, 0.2) is 0 Å². The molecule has 0 aromatic carbocycles. The summed E-state index contributed by atoms with van der Waals surface area (Å²) in [5.41, 5.74) is 7.86. The summed E-state index contributed by atoms with van der Waals surface area (Å²) in [6.45, 7) is 1.79. The highest BCUT2D eigenvalue weighted by Crippen LogP contribution is 2.20. The normalized spacial score (nSPS) is 16.4. The first-order chi connectivity index (χ1) is 6.74. The van der Waals surface area contributed by atoms with Gasteiger partial charge in [-0.25, -0.2) is 4.98 Å². The fourth-order valence-electron chi connectivity index (χ4n) is 1.83. The summed E-state index contributed by atoms with van der Waals surface area (Å²) >= 11 is 0. The number of nitrogens with two attached hydrogens (primary N) is 1. The van der Waals surface area contributed by atoms with Crippen LogP contribution in [-0.2, 0) is 13.1 Å². The molecule has 0 aliphatic carbocycles. The average Bonchev–Trinajstić information content (AvgIpc) is 2.65. The molecule has 2 aromatic heterocycles. The maximum atomic E-state index is 5.52. The van der Waals surface area contributed by atoms with Crippen molar-refractivity contribution < 1.29 is 0 Å². The number of hydrogen-bond donors (Lipinski definition) is 1. The van der Waals surface area contributed by atoms with Crippen molar-refractivity contribution in [2.45, 2.75) is 13.1 Å². The van der Waals surface area contributed by atoms with Gasteiger partial charge in [0.1, 0.15) is 0 Å². The Morgan fingerprint density at radius 3 is 3.14 bits per heavy atom. The number of aromatic nitrogens is 4. The van der Waals surface area contributed by atoms with Gasteiger partial charge in [-0.3, -0.25) is 4.90 Å². The van der Waals surface area contributed by atoms with Gasteiger partial charge in [-0.1, -0.05) is 0 Å². The molecule has 0 bridgehead atoms. The van der Waals surface area contributed by atoms with E-state index >= 15 is 0 Å². The number of fused-ring (bicyclic) bond motifs is 3. The molecule has 72 valence electrons. The Morgan fingerprint density at radius 1 is 1.43 bits per heavy atom. The van der Waals surface area contributed by atoms with Gasteiger partial charge in [-0.05, 0) is 7.05 Å². The summed E-state index contributed by atoms with van der Waals surface area (Å²) in [6, 6.07) is 0. The van der Waals surface area contributed by atoms with E-state index < -0.39 is 0 Å². The van der Waals surface area contributed by atoms with Crippen LogP contribution in [0.15, 0.2) is 6.20 Å². The molecular formula is C8H10N6. The van der Waals surface area contributed by atoms with Gasteiger partial charge in [0, 0.05) is 24.8 Å². The SMILES string of the molecule is CN1Cc2cnc3nc(N)nn3c2C1. The third-order valence-electron chi connectivity index (χ3n) is 2.43. The van der Waals surface area contributed by atoms with E-state index in [9.17, 15) is 0 Å². The zero-order valence-electron chi connectivity index (χ0n) is 7.80. The minimum Gasteiger partial charge on any atom is -0.366 e. The lowest BCUT2D eigenvalue weighted by atomic mass is 10.3. The fraction of sp³-hybridized carbons (Fsp3) is 0.375. The van der Waals surface area contributed by atoms with E-state index in [0.717, 1.165) is 18.8 Å². The molecule has 3 heterocycles. The van der Waals surface area contributed by atoms with Gasteiger partial charge in [0.25, 0.3) is 5.78 Å². The lowest BCUT2D eigenvalue weighted by molar-refractivity contribution is 0.349. The predicted molar refractivity (Wildman–Crippen MR) is 50.4 cm³/mol. The molecule has 0 spiro atoms. The first-order valence-electron chi connectivity index (χ1n) is 4.41. The molecule has 14 heavy (non-hydrogen) atoms. The zero-order chi connectivity index (χ0) is 9.71. The van der Waals surface area contributed by atoms with Crippen LogP contribution in [0.3, 0.4) is 0 Å². The Bertz CT molecular complexity index is 502. The van der Waals surface area contributed by atoms with E-state index in [1.165, 1.54) is 5.56 Å². The van der Waals surface area contributed by atoms with Crippen molar-refractivity contribution in [2.24, 2.45) is 0 Å². The molecule has 3 rings (SSSR count). The molecule has 0 radical (unpaired) electrons. The molecule has 1 aliphatic heterocycles. The monoisotopic (exact) mass is 190 g/mol. The summed E-state index contributed by atoms with van der Waals surface area (Å²) in [6.07, 6.45) is 1.85. The Morgan fingerprint density at radius 2 is 2.29 bits per heavy atom. The third-order valence-corrected chi connectivity index (χ3v) is 2.43. The van der Waals surface area contributed by atoms with Crippen LogP contribution in [0, 0.1) is 0 Å². The fourth-order valence-corrected chi connectivity index (χ4v) is 1.83. The van der Waals surface area contributed by atoms with Gasteiger partial charge < -0.3 is 5.73 Å². The lowest BCUT2D eigenvalue weighted by Crippen LogP contribution is -2.08. The largest absolute Gasteiger partial charge is 0.366 e. The number of hydrogen-bond acceptors (Lipinski definition) is 5. The van der Waals surface area contributed by atoms with Crippen LogP contribution >= 0.6 is 0 Å². The molecule has 0 saturated carbocycles. The van der Waals surface area contributed by atoms with Gasteiger partial charge in [-0.2, -0.15) is 9.50 Å². The summed E-state index contributed by atoms with van der Waals surface area (Å²) in [4.78, 5) is 10.4. The van der Waals surface area contributed by atoms with Crippen molar-refractivity contribution >= 4 is 11.7 Å². The number of nitrogens with zero attached hydrogens (tertiary/aromatic N) is 5. The van der Waals surface area contributed by atoms with E-state index in [-0.39, 0.29) is 5.95 Å². The Labute approximate surface area is 80.4 Å². The van der Waals surface area contributed by atoms with E-state index in [2.05, 4.69) is 27.0 Å².